The number of aryl methyl sites for hydroxylation is 1. The Labute approximate surface area is 136 Å². The van der Waals surface area contributed by atoms with Gasteiger partial charge in [0.2, 0.25) is 0 Å². The van der Waals surface area contributed by atoms with Crippen molar-refractivity contribution in [2.75, 3.05) is 13.1 Å². The maximum Gasteiger partial charge on any atom is 0.330 e. The Hall–Kier alpha value is -2.41. The number of carbonyl (C=O) groups is 1. The molecule has 6 nitrogen and oxygen atoms in total. The lowest BCUT2D eigenvalue weighted by Gasteiger charge is -2.16. The summed E-state index contributed by atoms with van der Waals surface area (Å²) < 4.78 is 3.35. The van der Waals surface area contributed by atoms with Gasteiger partial charge in [0.25, 0.3) is 5.91 Å². The van der Waals surface area contributed by atoms with Gasteiger partial charge in [0.15, 0.2) is 5.65 Å². The van der Waals surface area contributed by atoms with Crippen LogP contribution in [0.2, 0.25) is 0 Å². The van der Waals surface area contributed by atoms with Crippen molar-refractivity contribution in [3.05, 3.63) is 51.2 Å². The van der Waals surface area contributed by atoms with Crippen molar-refractivity contribution in [2.24, 2.45) is 7.05 Å². The van der Waals surface area contributed by atoms with Crippen LogP contribution in [0.15, 0.2) is 40.6 Å². The highest BCUT2D eigenvalue weighted by Crippen LogP contribution is 2.25. The average Bonchev–Trinajstić information content (AvgIpc) is 3.29. The molecule has 1 amide bonds. The summed E-state index contributed by atoms with van der Waals surface area (Å²) >= 11 is 1.45. The summed E-state index contributed by atoms with van der Waals surface area (Å²) in [7, 11) is 1.76. The number of hydrogen-bond donors (Lipinski definition) is 0. The van der Waals surface area contributed by atoms with Gasteiger partial charge in [-0.15, -0.1) is 11.3 Å². The molecule has 118 valence electrons. The standard InChI is InChI=1S/C16H16N4O2S/c1-18-12-4-2-7-17-14(12)20(16(18)22)11-6-8-19(10-11)15(21)13-5-3-9-23-13/h2-5,7,9,11H,6,8,10H2,1H3/t11-/m1/s1. The first-order valence-electron chi connectivity index (χ1n) is 7.51. The second kappa shape index (κ2) is 5.34. The topological polar surface area (TPSA) is 60.1 Å². The Bertz CT molecular complexity index is 925. The number of carbonyl (C=O) groups excluding carboxylic acids is 1. The van der Waals surface area contributed by atoms with E-state index in [-0.39, 0.29) is 17.6 Å². The van der Waals surface area contributed by atoms with Crippen molar-refractivity contribution in [3.8, 4) is 0 Å². The molecule has 0 saturated carbocycles. The van der Waals surface area contributed by atoms with Gasteiger partial charge in [-0.3, -0.25) is 13.9 Å². The lowest BCUT2D eigenvalue weighted by atomic mass is 10.2. The van der Waals surface area contributed by atoms with Crippen LogP contribution in [0.4, 0.5) is 0 Å². The molecule has 3 aromatic heterocycles. The largest absolute Gasteiger partial charge is 0.336 e. The first-order chi connectivity index (χ1) is 11.2. The summed E-state index contributed by atoms with van der Waals surface area (Å²) in [5.41, 5.74) is 1.44. The predicted molar refractivity (Wildman–Crippen MR) is 88.9 cm³/mol. The number of aromatic nitrogens is 3. The fourth-order valence-electron chi connectivity index (χ4n) is 3.21. The van der Waals surface area contributed by atoms with Crippen LogP contribution in [0.5, 0.6) is 0 Å². The number of likely N-dealkylation sites (tertiary alicyclic amines) is 1. The number of hydrogen-bond acceptors (Lipinski definition) is 4. The fraction of sp³-hybridized carbons (Fsp3) is 0.312. The maximum absolute atomic E-state index is 12.6. The summed E-state index contributed by atoms with van der Waals surface area (Å²) in [6, 6.07) is 7.42. The van der Waals surface area contributed by atoms with Crippen LogP contribution in [0, 0.1) is 0 Å². The second-order valence-electron chi connectivity index (χ2n) is 5.73. The number of fused-ring (bicyclic) bond motifs is 1. The van der Waals surface area contributed by atoms with E-state index in [9.17, 15) is 9.59 Å². The lowest BCUT2D eigenvalue weighted by Crippen LogP contribution is -2.31. The number of pyridine rings is 1. The van der Waals surface area contributed by atoms with Gasteiger partial charge in [0.05, 0.1) is 16.4 Å². The van der Waals surface area contributed by atoms with Gasteiger partial charge in [0, 0.05) is 26.3 Å². The first kappa shape index (κ1) is 14.2. The van der Waals surface area contributed by atoms with E-state index in [4.69, 9.17) is 0 Å². The SMILES string of the molecule is Cn1c(=O)n([C@@H]2CCN(C(=O)c3cccs3)C2)c2ncccc21. The average molecular weight is 328 g/mol. The number of thiophene rings is 1. The number of nitrogens with zero attached hydrogens (tertiary/aromatic N) is 4. The highest BCUT2D eigenvalue weighted by atomic mass is 32.1. The van der Waals surface area contributed by atoms with E-state index in [1.807, 2.05) is 34.5 Å². The molecule has 7 heteroatoms. The van der Waals surface area contributed by atoms with E-state index in [0.29, 0.717) is 18.7 Å². The van der Waals surface area contributed by atoms with Crippen LogP contribution < -0.4 is 5.69 Å². The minimum atomic E-state index is -0.0749. The molecular weight excluding hydrogens is 312 g/mol. The zero-order valence-electron chi connectivity index (χ0n) is 12.7. The summed E-state index contributed by atoms with van der Waals surface area (Å²) in [6.07, 6.45) is 2.47. The highest BCUT2D eigenvalue weighted by Gasteiger charge is 2.31. The van der Waals surface area contributed by atoms with Crippen LogP contribution in [0.1, 0.15) is 22.1 Å². The highest BCUT2D eigenvalue weighted by molar-refractivity contribution is 7.12. The van der Waals surface area contributed by atoms with Crippen LogP contribution in [0.3, 0.4) is 0 Å². The van der Waals surface area contributed by atoms with Crippen molar-refractivity contribution in [3.63, 3.8) is 0 Å². The van der Waals surface area contributed by atoms with Crippen molar-refractivity contribution in [2.45, 2.75) is 12.5 Å². The third kappa shape index (κ3) is 2.19. The first-order valence-corrected chi connectivity index (χ1v) is 8.39. The quantitative estimate of drug-likeness (QED) is 0.722. The molecule has 4 heterocycles. The zero-order valence-corrected chi connectivity index (χ0v) is 13.5. The van der Waals surface area contributed by atoms with E-state index >= 15 is 0 Å². The molecule has 0 bridgehead atoms. The van der Waals surface area contributed by atoms with E-state index in [2.05, 4.69) is 4.98 Å². The summed E-state index contributed by atoms with van der Waals surface area (Å²) in [4.78, 5) is 32.0. The molecule has 1 aliphatic heterocycles. The van der Waals surface area contributed by atoms with Gasteiger partial charge in [-0.05, 0) is 30.0 Å². The Morgan fingerprint density at radius 2 is 2.22 bits per heavy atom. The molecule has 0 spiro atoms. The van der Waals surface area contributed by atoms with Crippen molar-refractivity contribution in [1.29, 1.82) is 0 Å². The molecule has 0 radical (unpaired) electrons. The molecule has 1 saturated heterocycles. The molecule has 0 aromatic carbocycles. The minimum absolute atomic E-state index is 0.0231. The monoisotopic (exact) mass is 328 g/mol. The third-order valence-corrected chi connectivity index (χ3v) is 5.25. The fourth-order valence-corrected chi connectivity index (χ4v) is 3.90. The molecular formula is C16H16N4O2S. The Balaban J connectivity index is 1.67. The van der Waals surface area contributed by atoms with Crippen molar-refractivity contribution >= 4 is 28.4 Å². The maximum atomic E-state index is 12.6. The summed E-state index contributed by atoms with van der Waals surface area (Å²) in [6.45, 7) is 1.21. The van der Waals surface area contributed by atoms with E-state index in [1.165, 1.54) is 11.3 Å². The smallest absolute Gasteiger partial charge is 0.330 e. The predicted octanol–water partition coefficient (Wildman–Crippen LogP) is 1.88. The van der Waals surface area contributed by atoms with Gasteiger partial charge in [-0.1, -0.05) is 6.07 Å². The third-order valence-electron chi connectivity index (χ3n) is 4.40. The molecule has 0 unspecified atom stereocenters. The zero-order chi connectivity index (χ0) is 16.0. The lowest BCUT2D eigenvalue weighted by molar-refractivity contribution is 0.0792. The van der Waals surface area contributed by atoms with Crippen LogP contribution >= 0.6 is 11.3 Å². The van der Waals surface area contributed by atoms with E-state index in [0.717, 1.165) is 16.8 Å². The van der Waals surface area contributed by atoms with Gasteiger partial charge < -0.3 is 4.90 Å². The summed E-state index contributed by atoms with van der Waals surface area (Å²) in [5, 5.41) is 1.90. The normalized spacial score (nSPS) is 18.0. The molecule has 1 aliphatic rings. The van der Waals surface area contributed by atoms with Gasteiger partial charge in [0.1, 0.15) is 0 Å². The van der Waals surface area contributed by atoms with Crippen LogP contribution in [-0.2, 0) is 7.05 Å². The molecule has 4 rings (SSSR count). The van der Waals surface area contributed by atoms with E-state index < -0.39 is 0 Å². The van der Waals surface area contributed by atoms with Gasteiger partial charge >= 0.3 is 5.69 Å². The number of rotatable bonds is 2. The Morgan fingerprint density at radius 3 is 3.00 bits per heavy atom. The van der Waals surface area contributed by atoms with Crippen LogP contribution in [-0.4, -0.2) is 38.0 Å². The Morgan fingerprint density at radius 1 is 1.35 bits per heavy atom. The van der Waals surface area contributed by atoms with Crippen molar-refractivity contribution < 1.29 is 4.79 Å². The molecule has 1 atom stereocenters. The number of amides is 1. The molecule has 0 aliphatic carbocycles. The van der Waals surface area contributed by atoms with E-state index in [1.54, 1.807) is 22.4 Å². The van der Waals surface area contributed by atoms with Gasteiger partial charge in [-0.2, -0.15) is 0 Å². The molecule has 1 fully saturated rings. The minimum Gasteiger partial charge on any atom is -0.336 e. The second-order valence-corrected chi connectivity index (χ2v) is 6.68. The van der Waals surface area contributed by atoms with Gasteiger partial charge in [-0.25, -0.2) is 9.78 Å². The van der Waals surface area contributed by atoms with Crippen molar-refractivity contribution in [1.82, 2.24) is 19.0 Å². The Kier molecular flexibility index (Phi) is 3.30. The molecule has 23 heavy (non-hydrogen) atoms. The number of imidazole rings is 1. The van der Waals surface area contributed by atoms with Crippen LogP contribution in [0.25, 0.3) is 11.2 Å². The summed E-state index contributed by atoms with van der Waals surface area (Å²) in [5.74, 6) is 0.0451. The molecule has 3 aromatic rings. The molecule has 0 N–H and O–H groups in total.